The van der Waals surface area contributed by atoms with Crippen molar-refractivity contribution in [2.24, 2.45) is 0 Å². The second kappa shape index (κ2) is 9.47. The van der Waals surface area contributed by atoms with Crippen LogP contribution in [-0.2, 0) is 16.5 Å². The van der Waals surface area contributed by atoms with Crippen molar-refractivity contribution in [1.82, 2.24) is 19.2 Å². The fraction of sp³-hybridized carbons (Fsp3) is 0.391. The van der Waals surface area contributed by atoms with Crippen molar-refractivity contribution < 1.29 is 8.42 Å². The molecular formula is C23H27ClN4O2S2. The molecule has 6 nitrogen and oxygen atoms in total. The van der Waals surface area contributed by atoms with Crippen molar-refractivity contribution in [2.45, 2.75) is 39.4 Å². The molecule has 0 spiro atoms. The maximum absolute atomic E-state index is 12.1. The van der Waals surface area contributed by atoms with Crippen LogP contribution in [0.15, 0.2) is 48.5 Å². The summed E-state index contributed by atoms with van der Waals surface area (Å²) in [6, 6.07) is 15.7. The minimum Gasteiger partial charge on any atom is -0.280 e. The highest BCUT2D eigenvalue weighted by molar-refractivity contribution is 7.91. The fourth-order valence-corrected chi connectivity index (χ4v) is 6.28. The number of hydrogen-bond acceptors (Lipinski definition) is 5. The Balaban J connectivity index is 1.77. The molecule has 0 N–H and O–H groups in total. The second-order valence-electron chi connectivity index (χ2n) is 8.29. The summed E-state index contributed by atoms with van der Waals surface area (Å²) >= 11 is 12.0. The number of halogens is 1. The van der Waals surface area contributed by atoms with Crippen LogP contribution in [0.1, 0.15) is 25.3 Å². The Morgan fingerprint density at radius 2 is 1.84 bits per heavy atom. The van der Waals surface area contributed by atoms with E-state index < -0.39 is 9.84 Å². The van der Waals surface area contributed by atoms with E-state index in [9.17, 15) is 8.42 Å². The highest BCUT2D eigenvalue weighted by Crippen LogP contribution is 2.26. The number of nitrogens with zero attached hydrogens (tertiary/aromatic N) is 4. The summed E-state index contributed by atoms with van der Waals surface area (Å²) in [7, 11) is -2.97. The third-order valence-electron chi connectivity index (χ3n) is 5.79. The van der Waals surface area contributed by atoms with Gasteiger partial charge in [0.1, 0.15) is 0 Å². The van der Waals surface area contributed by atoms with Gasteiger partial charge in [-0.2, -0.15) is 0 Å². The van der Waals surface area contributed by atoms with Crippen LogP contribution in [0.25, 0.3) is 17.1 Å². The van der Waals surface area contributed by atoms with Gasteiger partial charge in [0, 0.05) is 22.3 Å². The zero-order valence-electron chi connectivity index (χ0n) is 18.2. The van der Waals surface area contributed by atoms with Gasteiger partial charge in [0.2, 0.25) is 4.77 Å². The van der Waals surface area contributed by atoms with E-state index in [1.165, 1.54) is 0 Å². The maximum atomic E-state index is 12.1. The van der Waals surface area contributed by atoms with Crippen molar-refractivity contribution in [3.63, 3.8) is 0 Å². The third kappa shape index (κ3) is 4.98. The van der Waals surface area contributed by atoms with Crippen LogP contribution in [0.4, 0.5) is 0 Å². The standard InChI is InChI=1S/C23H27ClN4O2S2/c1-3-13-26(21-12-14-32(29,30)15-21)16-27-23(31)28(20-10-4-17(2)5-11-20)22(25-27)18-6-8-19(24)9-7-18/h4-11,21H,3,12-16H2,1-2H3/t21-/m0/s1. The Kier molecular flexibility index (Phi) is 6.86. The highest BCUT2D eigenvalue weighted by atomic mass is 35.5. The van der Waals surface area contributed by atoms with Crippen LogP contribution in [-0.4, -0.2) is 51.8 Å². The van der Waals surface area contributed by atoms with E-state index in [0.717, 1.165) is 35.6 Å². The summed E-state index contributed by atoms with van der Waals surface area (Å²) in [5.74, 6) is 1.17. The van der Waals surface area contributed by atoms with Crippen LogP contribution in [0.5, 0.6) is 0 Å². The molecule has 0 amide bonds. The van der Waals surface area contributed by atoms with Gasteiger partial charge < -0.3 is 0 Å². The van der Waals surface area contributed by atoms with Gasteiger partial charge in [0.15, 0.2) is 15.7 Å². The normalized spacial score (nSPS) is 17.8. The number of rotatable bonds is 7. The SMILES string of the molecule is CCCN(Cn1nc(-c2ccc(Cl)cc2)n(-c2ccc(C)cc2)c1=S)[C@H]1CCS(=O)(=O)C1. The molecule has 170 valence electrons. The van der Waals surface area contributed by atoms with Gasteiger partial charge in [0.25, 0.3) is 0 Å². The molecule has 9 heteroatoms. The van der Waals surface area contributed by atoms with E-state index in [1.807, 2.05) is 60.0 Å². The van der Waals surface area contributed by atoms with Gasteiger partial charge in [-0.3, -0.25) is 9.47 Å². The molecule has 1 fully saturated rings. The lowest BCUT2D eigenvalue weighted by Gasteiger charge is -2.27. The molecule has 0 radical (unpaired) electrons. The first-order chi connectivity index (χ1) is 15.3. The van der Waals surface area contributed by atoms with E-state index >= 15 is 0 Å². The molecule has 3 aromatic rings. The second-order valence-corrected chi connectivity index (χ2v) is 11.3. The van der Waals surface area contributed by atoms with Gasteiger partial charge in [-0.25, -0.2) is 13.1 Å². The first-order valence-corrected chi connectivity index (χ1v) is 13.4. The van der Waals surface area contributed by atoms with E-state index in [1.54, 1.807) is 4.68 Å². The van der Waals surface area contributed by atoms with E-state index in [0.29, 0.717) is 22.9 Å². The summed E-state index contributed by atoms with van der Waals surface area (Å²) in [6.07, 6.45) is 1.57. The number of aryl methyl sites for hydroxylation is 1. The smallest absolute Gasteiger partial charge is 0.204 e. The molecule has 2 aromatic carbocycles. The Bertz CT molecular complexity index is 1250. The third-order valence-corrected chi connectivity index (χ3v) is 8.18. The van der Waals surface area contributed by atoms with E-state index in [-0.39, 0.29) is 17.5 Å². The van der Waals surface area contributed by atoms with Crippen molar-refractivity contribution >= 4 is 33.7 Å². The molecule has 0 aliphatic carbocycles. The first kappa shape index (κ1) is 23.2. The summed E-state index contributed by atoms with van der Waals surface area (Å²) < 4.78 is 28.5. The van der Waals surface area contributed by atoms with Crippen LogP contribution >= 0.6 is 23.8 Å². The minimum atomic E-state index is -2.97. The molecule has 1 saturated heterocycles. The van der Waals surface area contributed by atoms with Crippen molar-refractivity contribution in [3.8, 4) is 17.1 Å². The highest BCUT2D eigenvalue weighted by Gasteiger charge is 2.32. The number of benzene rings is 2. The van der Waals surface area contributed by atoms with Crippen LogP contribution in [0.2, 0.25) is 5.02 Å². The monoisotopic (exact) mass is 490 g/mol. The van der Waals surface area contributed by atoms with Crippen LogP contribution < -0.4 is 0 Å². The topological polar surface area (TPSA) is 60.1 Å². The fourth-order valence-electron chi connectivity index (χ4n) is 4.10. The average molecular weight is 491 g/mol. The number of sulfone groups is 1. The molecule has 1 aromatic heterocycles. The predicted octanol–water partition coefficient (Wildman–Crippen LogP) is 4.89. The Morgan fingerprint density at radius 3 is 2.44 bits per heavy atom. The van der Waals surface area contributed by atoms with Gasteiger partial charge >= 0.3 is 0 Å². The van der Waals surface area contributed by atoms with E-state index in [4.69, 9.17) is 28.9 Å². The van der Waals surface area contributed by atoms with Crippen molar-refractivity contribution in [1.29, 1.82) is 0 Å². The lowest BCUT2D eigenvalue weighted by Crippen LogP contribution is -2.38. The quantitative estimate of drug-likeness (QED) is 0.441. The van der Waals surface area contributed by atoms with Gasteiger partial charge in [-0.05, 0) is 74.9 Å². The molecule has 0 saturated carbocycles. The predicted molar refractivity (Wildman–Crippen MR) is 132 cm³/mol. The molecule has 1 aliphatic rings. The summed E-state index contributed by atoms with van der Waals surface area (Å²) in [5, 5.41) is 5.54. The lowest BCUT2D eigenvalue weighted by molar-refractivity contribution is 0.155. The summed E-state index contributed by atoms with van der Waals surface area (Å²) in [6.45, 7) is 5.38. The van der Waals surface area contributed by atoms with Crippen molar-refractivity contribution in [3.05, 3.63) is 63.9 Å². The molecule has 1 atom stereocenters. The van der Waals surface area contributed by atoms with Gasteiger partial charge in [-0.1, -0.05) is 36.2 Å². The maximum Gasteiger partial charge on any atom is 0.204 e. The van der Waals surface area contributed by atoms with Crippen LogP contribution in [0.3, 0.4) is 0 Å². The molecule has 4 rings (SSSR count). The summed E-state index contributed by atoms with van der Waals surface area (Å²) in [4.78, 5) is 2.19. The summed E-state index contributed by atoms with van der Waals surface area (Å²) in [5.41, 5.74) is 3.00. The average Bonchev–Trinajstić information content (AvgIpc) is 3.28. The Hall–Kier alpha value is -2.00. The first-order valence-electron chi connectivity index (χ1n) is 10.7. The number of aromatic nitrogens is 3. The molecule has 2 heterocycles. The molecule has 0 unspecified atom stereocenters. The number of hydrogen-bond donors (Lipinski definition) is 0. The Labute approximate surface area is 199 Å². The lowest BCUT2D eigenvalue weighted by atomic mass is 10.2. The molecule has 0 bridgehead atoms. The molecule has 1 aliphatic heterocycles. The Morgan fingerprint density at radius 1 is 1.16 bits per heavy atom. The van der Waals surface area contributed by atoms with Crippen LogP contribution in [0, 0.1) is 11.7 Å². The zero-order chi connectivity index (χ0) is 22.9. The largest absolute Gasteiger partial charge is 0.280 e. The zero-order valence-corrected chi connectivity index (χ0v) is 20.6. The van der Waals surface area contributed by atoms with Gasteiger partial charge in [-0.15, -0.1) is 5.10 Å². The molecule has 32 heavy (non-hydrogen) atoms. The van der Waals surface area contributed by atoms with E-state index in [2.05, 4.69) is 11.8 Å². The molecular weight excluding hydrogens is 464 g/mol. The van der Waals surface area contributed by atoms with Crippen molar-refractivity contribution in [2.75, 3.05) is 18.1 Å². The minimum absolute atomic E-state index is 0.00893. The van der Waals surface area contributed by atoms with Gasteiger partial charge in [0.05, 0.1) is 18.2 Å².